The lowest BCUT2D eigenvalue weighted by atomic mass is 9.96. The van der Waals surface area contributed by atoms with E-state index < -0.39 is 13.4 Å². The quantitative estimate of drug-likeness (QED) is 0.0317. The van der Waals surface area contributed by atoms with Crippen molar-refractivity contribution < 1.29 is 29.4 Å². The third-order valence-electron chi connectivity index (χ3n) is 10.4. The monoisotopic (exact) mass is 889 g/mol. The van der Waals surface area contributed by atoms with Crippen LogP contribution < -0.4 is 0 Å². The number of aryl methyl sites for hydroxylation is 4. The Morgan fingerprint density at radius 1 is 0.293 bits per heavy atom. The number of rotatable bonds is 32. The second-order valence-electron chi connectivity index (χ2n) is 16.0. The Kier molecular flexibility index (Phi) is 44.3. The first-order chi connectivity index (χ1) is 27.8. The van der Waals surface area contributed by atoms with E-state index in [-0.39, 0.29) is 0 Å². The van der Waals surface area contributed by atoms with E-state index in [0.29, 0.717) is 0 Å². The molecule has 0 saturated heterocycles. The molecule has 0 aliphatic heterocycles. The summed E-state index contributed by atoms with van der Waals surface area (Å²) in [6.07, 6.45) is 44.6. The second-order valence-corrected chi connectivity index (χ2v) is 21.0. The van der Waals surface area contributed by atoms with Crippen molar-refractivity contribution in [2.45, 2.75) is 233 Å². The van der Waals surface area contributed by atoms with Gasteiger partial charge >= 0.3 is 13.4 Å². The number of unbranched alkanes of at least 4 members (excludes halogenated alkanes) is 24. The van der Waals surface area contributed by atoms with Crippen LogP contribution in [-0.4, -0.2) is 29.4 Å². The van der Waals surface area contributed by atoms with E-state index in [1.807, 2.05) is 0 Å². The van der Waals surface area contributed by atoms with Gasteiger partial charge in [0.05, 0.1) is 0 Å². The average molecular weight is 889 g/mol. The summed E-state index contributed by atoms with van der Waals surface area (Å²) in [6, 6.07) is 18.4. The van der Waals surface area contributed by atoms with Crippen molar-refractivity contribution in [2.24, 2.45) is 0 Å². The van der Waals surface area contributed by atoms with Gasteiger partial charge in [0, 0.05) is 0 Å². The summed E-state index contributed by atoms with van der Waals surface area (Å²) in [5.74, 6) is 0. The van der Waals surface area contributed by atoms with Gasteiger partial charge in [-0.3, -0.25) is 0 Å². The van der Waals surface area contributed by atoms with Gasteiger partial charge in [-0.05, 0) is 97.2 Å². The third kappa shape index (κ3) is 49.9. The molecule has 58 heavy (non-hydrogen) atoms. The average Bonchev–Trinajstić information content (AvgIpc) is 3.16. The fourth-order valence-corrected chi connectivity index (χ4v) is 7.18. The standard InChI is InChI=1S/2C24H42.2H3O3PS/c2*1-3-5-7-9-11-13-15-19-23-21-17-18-22-24(23)20-16-14-12-10-8-6-4-2;2*1-4(2,3)5/h2*17-18,21-22H,3-16,19-20H2,1-2H3;2*(H3,1,2,3,5). The van der Waals surface area contributed by atoms with Crippen LogP contribution in [0, 0.1) is 0 Å². The van der Waals surface area contributed by atoms with Crippen LogP contribution in [-0.2, 0) is 49.3 Å². The molecule has 0 aromatic heterocycles. The zero-order valence-electron chi connectivity index (χ0n) is 37.6. The molecule has 0 spiro atoms. The molecule has 2 aromatic rings. The first-order valence-electron chi connectivity index (χ1n) is 23.5. The van der Waals surface area contributed by atoms with Crippen LogP contribution in [0.4, 0.5) is 0 Å². The molecular weight excluding hydrogens is 799 g/mol. The van der Waals surface area contributed by atoms with Crippen LogP contribution >= 0.6 is 13.4 Å². The van der Waals surface area contributed by atoms with Crippen molar-refractivity contribution in [1.82, 2.24) is 0 Å². The summed E-state index contributed by atoms with van der Waals surface area (Å²) in [5.41, 5.74) is 6.49. The largest absolute Gasteiger partial charge is 0.325 e. The number of hydrogen-bond donors (Lipinski definition) is 6. The molecule has 10 heteroatoms. The number of benzene rings is 2. The van der Waals surface area contributed by atoms with Crippen molar-refractivity contribution in [3.05, 3.63) is 70.8 Å². The predicted octanol–water partition coefficient (Wildman–Crippen LogP) is 14.9. The molecule has 0 aliphatic rings. The summed E-state index contributed by atoms with van der Waals surface area (Å²) in [6.45, 7) is 1.56. The Morgan fingerprint density at radius 2 is 0.431 bits per heavy atom. The number of hydrogen-bond acceptors (Lipinski definition) is 2. The smallest absolute Gasteiger partial charge is 0.319 e. The normalized spacial score (nSPS) is 11.2. The molecule has 0 bridgehead atoms. The van der Waals surface area contributed by atoms with Gasteiger partial charge in [0.15, 0.2) is 0 Å². The Labute approximate surface area is 368 Å². The lowest BCUT2D eigenvalue weighted by Crippen LogP contribution is -1.95. The highest BCUT2D eigenvalue weighted by Gasteiger charge is 2.04. The van der Waals surface area contributed by atoms with Gasteiger partial charge in [-0.2, -0.15) is 0 Å². The van der Waals surface area contributed by atoms with Crippen LogP contribution in [0.25, 0.3) is 0 Å². The van der Waals surface area contributed by atoms with E-state index in [0.717, 1.165) is 0 Å². The lowest BCUT2D eigenvalue weighted by molar-refractivity contribution is 0.361. The molecule has 0 heterocycles. The molecule has 2 rings (SSSR count). The van der Waals surface area contributed by atoms with Crippen LogP contribution in [0.3, 0.4) is 0 Å². The summed E-state index contributed by atoms with van der Waals surface area (Å²) in [5, 5.41) is 0. The summed E-state index contributed by atoms with van der Waals surface area (Å²) in [7, 11) is 0. The lowest BCUT2D eigenvalue weighted by Gasteiger charge is -2.10. The maximum atomic E-state index is 7.56. The first kappa shape index (κ1) is 59.6. The van der Waals surface area contributed by atoms with E-state index in [1.165, 1.54) is 205 Å². The first-order valence-corrected chi connectivity index (χ1v) is 28.8. The fraction of sp³-hybridized carbons (Fsp3) is 0.750. The molecule has 0 atom stereocenters. The van der Waals surface area contributed by atoms with Crippen molar-refractivity contribution >= 4 is 37.1 Å². The minimum atomic E-state index is -3.81. The highest BCUT2D eigenvalue weighted by Crippen LogP contribution is 2.27. The van der Waals surface area contributed by atoms with E-state index in [4.69, 9.17) is 29.4 Å². The molecular formula is C48H90O6P2S2. The minimum Gasteiger partial charge on any atom is -0.325 e. The fourth-order valence-electron chi connectivity index (χ4n) is 7.18. The maximum absolute atomic E-state index is 7.56. The van der Waals surface area contributed by atoms with Crippen LogP contribution in [0.15, 0.2) is 48.5 Å². The zero-order valence-corrected chi connectivity index (χ0v) is 41.1. The molecule has 6 nitrogen and oxygen atoms in total. The van der Waals surface area contributed by atoms with Crippen molar-refractivity contribution in [3.63, 3.8) is 0 Å². The van der Waals surface area contributed by atoms with Crippen LogP contribution in [0.2, 0.25) is 0 Å². The molecule has 0 saturated carbocycles. The van der Waals surface area contributed by atoms with Crippen molar-refractivity contribution in [2.75, 3.05) is 0 Å². The molecule has 0 amide bonds. The van der Waals surface area contributed by atoms with E-state index in [2.05, 4.69) is 99.8 Å². The summed E-state index contributed by atoms with van der Waals surface area (Å²) >= 11 is 7.21. The van der Waals surface area contributed by atoms with Crippen molar-refractivity contribution in [3.8, 4) is 0 Å². The molecule has 340 valence electrons. The maximum Gasteiger partial charge on any atom is 0.319 e. The topological polar surface area (TPSA) is 121 Å². The molecule has 0 aliphatic carbocycles. The van der Waals surface area contributed by atoms with Gasteiger partial charge in [0.2, 0.25) is 0 Å². The Hall–Kier alpha value is -0.500. The van der Waals surface area contributed by atoms with Gasteiger partial charge in [0.1, 0.15) is 0 Å². The second kappa shape index (κ2) is 43.2. The van der Waals surface area contributed by atoms with Crippen LogP contribution in [0.5, 0.6) is 0 Å². The SMILES string of the molecule is CCCCCCCCCc1ccccc1CCCCCCCCC.CCCCCCCCCc1ccccc1CCCCCCCCC.OP(O)(O)=S.OP(O)(O)=S. The molecule has 6 N–H and O–H groups in total. The van der Waals surface area contributed by atoms with Crippen molar-refractivity contribution in [1.29, 1.82) is 0 Å². The van der Waals surface area contributed by atoms with Gasteiger partial charge in [-0.1, -0.05) is 230 Å². The highest BCUT2D eigenvalue weighted by molar-refractivity contribution is 8.06. The molecule has 0 unspecified atom stereocenters. The molecule has 0 radical (unpaired) electrons. The molecule has 2 aromatic carbocycles. The van der Waals surface area contributed by atoms with Gasteiger partial charge in [-0.15, -0.1) is 0 Å². The van der Waals surface area contributed by atoms with E-state index >= 15 is 0 Å². The third-order valence-corrected chi connectivity index (χ3v) is 10.4. The minimum absolute atomic E-state index is 1.29. The van der Waals surface area contributed by atoms with Gasteiger partial charge in [-0.25, -0.2) is 0 Å². The molecule has 0 fully saturated rings. The Morgan fingerprint density at radius 3 is 0.586 bits per heavy atom. The zero-order chi connectivity index (χ0) is 43.6. The van der Waals surface area contributed by atoms with E-state index in [9.17, 15) is 0 Å². The van der Waals surface area contributed by atoms with Crippen LogP contribution in [0.1, 0.15) is 230 Å². The summed E-state index contributed by atoms with van der Waals surface area (Å²) < 4.78 is 0. The van der Waals surface area contributed by atoms with E-state index in [1.54, 1.807) is 22.3 Å². The van der Waals surface area contributed by atoms with Gasteiger partial charge < -0.3 is 29.4 Å². The van der Waals surface area contributed by atoms with Gasteiger partial charge in [0.25, 0.3) is 0 Å². The highest BCUT2D eigenvalue weighted by atomic mass is 32.5. The Balaban J connectivity index is 0. The summed E-state index contributed by atoms with van der Waals surface area (Å²) in [4.78, 5) is 45.3. The Bertz CT molecular complexity index is 1070. The predicted molar refractivity (Wildman–Crippen MR) is 262 cm³/mol.